The smallest absolute Gasteiger partial charge is 0.323 e. The highest BCUT2D eigenvalue weighted by Gasteiger charge is 2.24. The summed E-state index contributed by atoms with van der Waals surface area (Å²) in [4.78, 5) is 40.9. The van der Waals surface area contributed by atoms with Gasteiger partial charge in [0.15, 0.2) is 5.82 Å². The molecule has 2 heterocycles. The van der Waals surface area contributed by atoms with Crippen LogP contribution in [0.2, 0.25) is 0 Å². The third kappa shape index (κ3) is 3.96. The number of nitrogens with zero attached hydrogens (tertiary/aromatic N) is 5. The average Bonchev–Trinajstić information content (AvgIpc) is 2.80. The van der Waals surface area contributed by atoms with E-state index >= 15 is 0 Å². The molecule has 9 heteroatoms. The molecule has 0 bridgehead atoms. The Balaban J connectivity index is 1.81. The number of hydrogen-bond acceptors (Lipinski definition) is 6. The standard InChI is InChI=1S/C21H21N7O2/c22-21(30)28(15-4-2-1-3-5-15)16-6-7-17(20(29)27-10-8-23-9-11-27)18(12-16)19-25-13-24-14-26-19/h1-7,12-14,23H,8-11H2,(H2,22,30). The monoisotopic (exact) mass is 403 g/mol. The minimum atomic E-state index is -0.635. The molecule has 30 heavy (non-hydrogen) atoms. The van der Waals surface area contributed by atoms with Gasteiger partial charge in [-0.1, -0.05) is 18.2 Å². The van der Waals surface area contributed by atoms with E-state index in [0.717, 1.165) is 13.1 Å². The van der Waals surface area contributed by atoms with Crippen LogP contribution in [0.1, 0.15) is 10.4 Å². The van der Waals surface area contributed by atoms with Crippen molar-refractivity contribution in [1.29, 1.82) is 0 Å². The molecule has 3 aromatic rings. The van der Waals surface area contributed by atoms with Crippen molar-refractivity contribution < 1.29 is 9.59 Å². The van der Waals surface area contributed by atoms with Crippen LogP contribution in [-0.4, -0.2) is 58.0 Å². The highest BCUT2D eigenvalue weighted by atomic mass is 16.2. The van der Waals surface area contributed by atoms with Gasteiger partial charge in [0, 0.05) is 31.7 Å². The summed E-state index contributed by atoms with van der Waals surface area (Å²) in [5, 5.41) is 3.24. The molecule has 2 aromatic carbocycles. The zero-order valence-corrected chi connectivity index (χ0v) is 16.2. The second-order valence-corrected chi connectivity index (χ2v) is 6.74. The first-order valence-electron chi connectivity index (χ1n) is 9.56. The molecule has 0 spiro atoms. The second kappa shape index (κ2) is 8.66. The Morgan fingerprint density at radius 3 is 2.33 bits per heavy atom. The van der Waals surface area contributed by atoms with Crippen LogP contribution in [0.15, 0.2) is 61.2 Å². The van der Waals surface area contributed by atoms with E-state index in [2.05, 4.69) is 20.3 Å². The van der Waals surface area contributed by atoms with Crippen molar-refractivity contribution in [2.45, 2.75) is 0 Å². The molecular weight excluding hydrogens is 382 g/mol. The number of aromatic nitrogens is 3. The maximum atomic E-state index is 13.2. The summed E-state index contributed by atoms with van der Waals surface area (Å²) in [6.07, 6.45) is 2.74. The minimum absolute atomic E-state index is 0.108. The van der Waals surface area contributed by atoms with Crippen LogP contribution < -0.4 is 16.0 Å². The van der Waals surface area contributed by atoms with E-state index in [1.54, 1.807) is 35.2 Å². The number of amides is 3. The fraction of sp³-hybridized carbons (Fsp3) is 0.190. The lowest BCUT2D eigenvalue weighted by Gasteiger charge is -2.28. The number of nitrogens with two attached hydrogens (primary N) is 1. The lowest BCUT2D eigenvalue weighted by Crippen LogP contribution is -2.46. The van der Waals surface area contributed by atoms with Gasteiger partial charge in [-0.3, -0.25) is 9.69 Å². The van der Waals surface area contributed by atoms with Crippen LogP contribution in [0.25, 0.3) is 11.4 Å². The molecule has 1 aliphatic heterocycles. The topological polar surface area (TPSA) is 117 Å². The van der Waals surface area contributed by atoms with Crippen LogP contribution in [-0.2, 0) is 0 Å². The zero-order valence-electron chi connectivity index (χ0n) is 16.2. The fourth-order valence-corrected chi connectivity index (χ4v) is 3.44. The van der Waals surface area contributed by atoms with E-state index in [1.165, 1.54) is 17.6 Å². The van der Waals surface area contributed by atoms with E-state index in [0.29, 0.717) is 41.4 Å². The summed E-state index contributed by atoms with van der Waals surface area (Å²) in [5.41, 5.74) is 7.78. The maximum absolute atomic E-state index is 13.2. The van der Waals surface area contributed by atoms with Gasteiger partial charge in [-0.05, 0) is 30.3 Å². The molecule has 9 nitrogen and oxygen atoms in total. The number of rotatable bonds is 4. The van der Waals surface area contributed by atoms with E-state index < -0.39 is 6.03 Å². The van der Waals surface area contributed by atoms with Crippen molar-refractivity contribution in [3.63, 3.8) is 0 Å². The summed E-state index contributed by atoms with van der Waals surface area (Å²) in [5.74, 6) is 0.242. The van der Waals surface area contributed by atoms with Crippen LogP contribution in [0, 0.1) is 0 Å². The van der Waals surface area contributed by atoms with Gasteiger partial charge < -0.3 is 16.0 Å². The summed E-state index contributed by atoms with van der Waals surface area (Å²) in [6.45, 7) is 2.73. The Labute approximate surface area is 173 Å². The first-order chi connectivity index (χ1) is 14.6. The lowest BCUT2D eigenvalue weighted by molar-refractivity contribution is 0.0736. The van der Waals surface area contributed by atoms with Crippen molar-refractivity contribution >= 4 is 23.3 Å². The Morgan fingerprint density at radius 1 is 0.967 bits per heavy atom. The first-order valence-corrected chi connectivity index (χ1v) is 9.56. The molecular formula is C21H21N7O2. The third-order valence-electron chi connectivity index (χ3n) is 4.87. The lowest BCUT2D eigenvalue weighted by atomic mass is 10.0. The Hall–Kier alpha value is -3.85. The molecule has 1 aliphatic rings. The van der Waals surface area contributed by atoms with Gasteiger partial charge in [0.25, 0.3) is 5.91 Å². The molecule has 0 saturated carbocycles. The van der Waals surface area contributed by atoms with Crippen molar-refractivity contribution in [2.24, 2.45) is 5.73 Å². The normalized spacial score (nSPS) is 13.7. The predicted molar refractivity (Wildman–Crippen MR) is 112 cm³/mol. The van der Waals surface area contributed by atoms with E-state index in [4.69, 9.17) is 5.73 Å². The van der Waals surface area contributed by atoms with E-state index in [1.807, 2.05) is 18.2 Å². The molecule has 3 amide bonds. The number of carbonyl (C=O) groups is 2. The van der Waals surface area contributed by atoms with Crippen LogP contribution in [0.4, 0.5) is 16.2 Å². The van der Waals surface area contributed by atoms with Crippen LogP contribution in [0.5, 0.6) is 0 Å². The number of primary amides is 1. The SMILES string of the molecule is NC(=O)N(c1ccccc1)c1ccc(C(=O)N2CCNCC2)c(-c2ncncn2)c1. The molecule has 1 fully saturated rings. The third-order valence-corrected chi connectivity index (χ3v) is 4.87. The number of piperazine rings is 1. The van der Waals surface area contributed by atoms with Crippen molar-refractivity contribution in [3.05, 3.63) is 66.7 Å². The summed E-state index contributed by atoms with van der Waals surface area (Å²) in [7, 11) is 0. The fourth-order valence-electron chi connectivity index (χ4n) is 3.44. The highest BCUT2D eigenvalue weighted by Crippen LogP contribution is 2.31. The van der Waals surface area contributed by atoms with Gasteiger partial charge in [0.2, 0.25) is 0 Å². The predicted octanol–water partition coefficient (Wildman–Crippen LogP) is 1.80. The van der Waals surface area contributed by atoms with E-state index in [-0.39, 0.29) is 5.91 Å². The van der Waals surface area contributed by atoms with Crippen molar-refractivity contribution in [3.8, 4) is 11.4 Å². The molecule has 0 unspecified atom stereocenters. The number of anilines is 2. The van der Waals surface area contributed by atoms with Crippen LogP contribution >= 0.6 is 0 Å². The number of urea groups is 1. The summed E-state index contributed by atoms with van der Waals surface area (Å²) >= 11 is 0. The zero-order chi connectivity index (χ0) is 20.9. The van der Waals surface area contributed by atoms with Gasteiger partial charge in [0.1, 0.15) is 12.7 Å². The Morgan fingerprint density at radius 2 is 1.67 bits per heavy atom. The molecule has 3 N–H and O–H groups in total. The molecule has 0 atom stereocenters. The van der Waals surface area contributed by atoms with Crippen LogP contribution in [0.3, 0.4) is 0 Å². The Bertz CT molecular complexity index is 1040. The molecule has 152 valence electrons. The van der Waals surface area contributed by atoms with Gasteiger partial charge in [0.05, 0.1) is 16.9 Å². The summed E-state index contributed by atoms with van der Waals surface area (Å²) < 4.78 is 0. The molecule has 1 saturated heterocycles. The van der Waals surface area contributed by atoms with Gasteiger partial charge >= 0.3 is 6.03 Å². The maximum Gasteiger partial charge on any atom is 0.323 e. The van der Waals surface area contributed by atoms with Gasteiger partial charge in [-0.25, -0.2) is 19.7 Å². The minimum Gasteiger partial charge on any atom is -0.351 e. The Kier molecular flexibility index (Phi) is 5.62. The second-order valence-electron chi connectivity index (χ2n) is 6.74. The number of carbonyl (C=O) groups excluding carboxylic acids is 2. The molecule has 4 rings (SSSR count). The molecule has 0 aliphatic carbocycles. The number of benzene rings is 2. The summed E-state index contributed by atoms with van der Waals surface area (Å²) in [6, 6.07) is 13.5. The van der Waals surface area contributed by atoms with Crippen molar-refractivity contribution in [1.82, 2.24) is 25.2 Å². The van der Waals surface area contributed by atoms with Gasteiger partial charge in [-0.15, -0.1) is 0 Å². The van der Waals surface area contributed by atoms with E-state index in [9.17, 15) is 9.59 Å². The quantitative estimate of drug-likeness (QED) is 0.686. The highest BCUT2D eigenvalue weighted by molar-refractivity contribution is 6.03. The largest absolute Gasteiger partial charge is 0.351 e. The van der Waals surface area contributed by atoms with Crippen molar-refractivity contribution in [2.75, 3.05) is 31.1 Å². The number of nitrogens with one attached hydrogen (secondary N) is 1. The molecule has 0 radical (unpaired) electrons. The average molecular weight is 403 g/mol. The van der Waals surface area contributed by atoms with Gasteiger partial charge in [-0.2, -0.15) is 0 Å². The number of para-hydroxylation sites is 1. The first kappa shape index (κ1) is 19.5. The number of hydrogen-bond donors (Lipinski definition) is 2. The molecule has 1 aromatic heterocycles.